The van der Waals surface area contributed by atoms with Crippen LogP contribution in [0.3, 0.4) is 0 Å². The number of rotatable bonds is 7. The standard InChI is InChI=1S/C22H19Cl2N3O4/c23-14-9-10-18(16(24)13-14)30-12-4-8-20(28)26-27-21(19-7-3-11-31-19)25-17-6-2-1-5-15(17)22(27)29/h1-3,5-7,9-11,13,21,25H,4,8,12H2,(H,26,28). The van der Waals surface area contributed by atoms with E-state index in [4.69, 9.17) is 32.4 Å². The van der Waals surface area contributed by atoms with E-state index in [0.717, 1.165) is 0 Å². The quantitative estimate of drug-likeness (QED) is 0.483. The first kappa shape index (κ1) is 21.1. The lowest BCUT2D eigenvalue weighted by atomic mass is 10.1. The molecule has 0 spiro atoms. The van der Waals surface area contributed by atoms with Crippen molar-refractivity contribution in [2.75, 3.05) is 11.9 Å². The smallest absolute Gasteiger partial charge is 0.276 e. The normalized spacial score (nSPS) is 15.2. The zero-order valence-electron chi connectivity index (χ0n) is 16.3. The number of hydrogen-bond donors (Lipinski definition) is 2. The Hall–Kier alpha value is -3.16. The molecular weight excluding hydrogens is 441 g/mol. The summed E-state index contributed by atoms with van der Waals surface area (Å²) in [6.45, 7) is 0.283. The van der Waals surface area contributed by atoms with E-state index in [1.807, 2.05) is 12.1 Å². The highest BCUT2D eigenvalue weighted by Crippen LogP contribution is 2.32. The Morgan fingerprint density at radius 2 is 2.00 bits per heavy atom. The summed E-state index contributed by atoms with van der Waals surface area (Å²) in [4.78, 5) is 25.6. The van der Waals surface area contributed by atoms with Gasteiger partial charge in [-0.3, -0.25) is 15.0 Å². The van der Waals surface area contributed by atoms with E-state index in [1.54, 1.807) is 42.5 Å². The molecule has 2 aromatic carbocycles. The number of halogens is 2. The molecular formula is C22H19Cl2N3O4. The van der Waals surface area contributed by atoms with Crippen LogP contribution in [0.5, 0.6) is 5.75 Å². The van der Waals surface area contributed by atoms with Crippen LogP contribution in [0.4, 0.5) is 5.69 Å². The molecule has 0 bridgehead atoms. The summed E-state index contributed by atoms with van der Waals surface area (Å²) in [7, 11) is 0. The van der Waals surface area contributed by atoms with Crippen molar-refractivity contribution in [1.82, 2.24) is 10.4 Å². The van der Waals surface area contributed by atoms with E-state index in [0.29, 0.717) is 39.2 Å². The van der Waals surface area contributed by atoms with Crippen LogP contribution in [0, 0.1) is 0 Å². The van der Waals surface area contributed by atoms with Crippen molar-refractivity contribution in [3.63, 3.8) is 0 Å². The van der Waals surface area contributed by atoms with Crippen LogP contribution in [0.1, 0.15) is 35.1 Å². The van der Waals surface area contributed by atoms with Gasteiger partial charge in [0.15, 0.2) is 6.17 Å². The molecule has 7 nitrogen and oxygen atoms in total. The average molecular weight is 460 g/mol. The fourth-order valence-electron chi connectivity index (χ4n) is 3.21. The predicted octanol–water partition coefficient (Wildman–Crippen LogP) is 5.04. The largest absolute Gasteiger partial charge is 0.492 e. The summed E-state index contributed by atoms with van der Waals surface area (Å²) in [6.07, 6.45) is 1.44. The fraction of sp³-hybridized carbons (Fsp3) is 0.182. The summed E-state index contributed by atoms with van der Waals surface area (Å²) >= 11 is 11.9. The molecule has 160 valence electrons. The summed E-state index contributed by atoms with van der Waals surface area (Å²) < 4.78 is 11.1. The van der Waals surface area contributed by atoms with E-state index >= 15 is 0 Å². The monoisotopic (exact) mass is 459 g/mol. The molecule has 4 rings (SSSR count). The number of nitrogens with one attached hydrogen (secondary N) is 2. The van der Waals surface area contributed by atoms with Crippen LogP contribution in [-0.2, 0) is 4.79 Å². The number of carbonyl (C=O) groups is 2. The van der Waals surface area contributed by atoms with Gasteiger partial charge in [-0.25, -0.2) is 5.01 Å². The molecule has 2 heterocycles. The molecule has 0 fully saturated rings. The predicted molar refractivity (Wildman–Crippen MR) is 117 cm³/mol. The molecule has 3 aromatic rings. The van der Waals surface area contributed by atoms with Crippen LogP contribution < -0.4 is 15.5 Å². The molecule has 1 atom stereocenters. The zero-order chi connectivity index (χ0) is 21.8. The SMILES string of the molecule is O=C(CCCOc1ccc(Cl)cc1Cl)NN1C(=O)c2ccccc2NC1c1ccco1. The van der Waals surface area contributed by atoms with E-state index in [2.05, 4.69) is 10.7 Å². The van der Waals surface area contributed by atoms with Crippen LogP contribution in [0.25, 0.3) is 0 Å². The van der Waals surface area contributed by atoms with E-state index in [-0.39, 0.29) is 24.8 Å². The Balaban J connectivity index is 1.38. The van der Waals surface area contributed by atoms with Crippen molar-refractivity contribution >= 4 is 40.7 Å². The van der Waals surface area contributed by atoms with E-state index < -0.39 is 6.17 Å². The first-order valence-corrected chi connectivity index (χ1v) is 10.4. The number of benzene rings is 2. The van der Waals surface area contributed by atoms with E-state index in [9.17, 15) is 9.59 Å². The maximum atomic E-state index is 13.0. The number of furan rings is 1. The van der Waals surface area contributed by atoms with Gasteiger partial charge in [0, 0.05) is 17.1 Å². The maximum Gasteiger partial charge on any atom is 0.276 e. The number of anilines is 1. The lowest BCUT2D eigenvalue weighted by Gasteiger charge is -2.36. The van der Waals surface area contributed by atoms with Gasteiger partial charge in [-0.05, 0) is 48.9 Å². The first-order chi connectivity index (χ1) is 15.0. The summed E-state index contributed by atoms with van der Waals surface area (Å²) in [5.41, 5.74) is 3.83. The van der Waals surface area contributed by atoms with Crippen LogP contribution in [-0.4, -0.2) is 23.4 Å². The van der Waals surface area contributed by atoms with Crippen molar-refractivity contribution in [2.24, 2.45) is 0 Å². The molecule has 0 aliphatic carbocycles. The lowest BCUT2D eigenvalue weighted by molar-refractivity contribution is -0.126. The third kappa shape index (κ3) is 4.78. The van der Waals surface area contributed by atoms with Gasteiger partial charge in [-0.1, -0.05) is 35.3 Å². The molecule has 1 aliphatic rings. The van der Waals surface area contributed by atoms with Gasteiger partial charge in [-0.2, -0.15) is 0 Å². The average Bonchev–Trinajstić information content (AvgIpc) is 3.29. The Morgan fingerprint density at radius 3 is 2.77 bits per heavy atom. The third-order valence-corrected chi connectivity index (χ3v) is 5.21. The fourth-order valence-corrected chi connectivity index (χ4v) is 3.68. The van der Waals surface area contributed by atoms with Gasteiger partial charge in [-0.15, -0.1) is 0 Å². The topological polar surface area (TPSA) is 83.8 Å². The van der Waals surface area contributed by atoms with Crippen LogP contribution in [0.2, 0.25) is 10.0 Å². The van der Waals surface area contributed by atoms with Gasteiger partial charge < -0.3 is 14.5 Å². The molecule has 0 radical (unpaired) electrons. The molecule has 31 heavy (non-hydrogen) atoms. The second kappa shape index (κ2) is 9.32. The molecule has 1 unspecified atom stereocenters. The van der Waals surface area contributed by atoms with Crippen LogP contribution in [0.15, 0.2) is 65.3 Å². The zero-order valence-corrected chi connectivity index (χ0v) is 17.8. The summed E-state index contributed by atoms with van der Waals surface area (Å²) in [5.74, 6) is 0.352. The lowest BCUT2D eigenvalue weighted by Crippen LogP contribution is -2.52. The van der Waals surface area contributed by atoms with Crippen molar-refractivity contribution in [1.29, 1.82) is 0 Å². The Labute approximate surface area is 188 Å². The van der Waals surface area contributed by atoms with Crippen molar-refractivity contribution in [2.45, 2.75) is 19.0 Å². The summed E-state index contributed by atoms with van der Waals surface area (Å²) in [6, 6.07) is 15.5. The van der Waals surface area contributed by atoms with Gasteiger partial charge in [0.25, 0.3) is 5.91 Å². The van der Waals surface area contributed by atoms with E-state index in [1.165, 1.54) is 11.3 Å². The minimum absolute atomic E-state index is 0.154. The molecule has 1 aliphatic heterocycles. The second-order valence-corrected chi connectivity index (χ2v) is 7.69. The number of nitrogens with zero attached hydrogens (tertiary/aromatic N) is 1. The number of hydrazine groups is 1. The number of amides is 2. The first-order valence-electron chi connectivity index (χ1n) is 9.63. The Morgan fingerprint density at radius 1 is 1.16 bits per heavy atom. The van der Waals surface area contributed by atoms with Gasteiger partial charge in [0.1, 0.15) is 11.5 Å². The Bertz CT molecular complexity index is 1090. The highest BCUT2D eigenvalue weighted by Gasteiger charge is 2.35. The minimum atomic E-state index is -0.662. The Kier molecular flexibility index (Phi) is 6.34. The van der Waals surface area contributed by atoms with Gasteiger partial charge in [0.2, 0.25) is 5.91 Å². The maximum absolute atomic E-state index is 13.0. The molecule has 1 aromatic heterocycles. The number of para-hydroxylation sites is 1. The minimum Gasteiger partial charge on any atom is -0.492 e. The summed E-state index contributed by atoms with van der Waals surface area (Å²) in [5, 5.41) is 5.40. The second-order valence-electron chi connectivity index (χ2n) is 6.84. The van der Waals surface area contributed by atoms with Crippen molar-refractivity contribution < 1.29 is 18.7 Å². The highest BCUT2D eigenvalue weighted by atomic mass is 35.5. The van der Waals surface area contributed by atoms with Crippen LogP contribution >= 0.6 is 23.2 Å². The van der Waals surface area contributed by atoms with Crippen molar-refractivity contribution in [3.8, 4) is 5.75 Å². The molecule has 2 N–H and O–H groups in total. The number of hydrogen-bond acceptors (Lipinski definition) is 5. The molecule has 0 saturated heterocycles. The van der Waals surface area contributed by atoms with Crippen molar-refractivity contribution in [3.05, 3.63) is 82.2 Å². The van der Waals surface area contributed by atoms with Gasteiger partial charge >= 0.3 is 0 Å². The number of carbonyl (C=O) groups excluding carboxylic acids is 2. The molecule has 0 saturated carbocycles. The molecule has 2 amide bonds. The van der Waals surface area contributed by atoms with Gasteiger partial charge in [0.05, 0.1) is 23.5 Å². The number of fused-ring (bicyclic) bond motifs is 1. The number of ether oxygens (including phenoxy) is 1. The third-order valence-electron chi connectivity index (χ3n) is 4.68. The molecule has 9 heteroatoms. The highest BCUT2D eigenvalue weighted by molar-refractivity contribution is 6.35.